The first-order chi connectivity index (χ1) is 9.31. The van der Waals surface area contributed by atoms with E-state index in [9.17, 15) is 0 Å². The number of nitrogens with two attached hydrogens (primary N) is 1. The third-order valence-electron chi connectivity index (χ3n) is 2.59. The number of pyridine rings is 1. The highest BCUT2D eigenvalue weighted by molar-refractivity contribution is 5.47. The van der Waals surface area contributed by atoms with E-state index < -0.39 is 0 Å². The van der Waals surface area contributed by atoms with Gasteiger partial charge in [0.2, 0.25) is 0 Å². The molecule has 0 saturated carbocycles. The second-order valence-electron chi connectivity index (χ2n) is 4.16. The van der Waals surface area contributed by atoms with Gasteiger partial charge in [0.25, 0.3) is 0 Å². The van der Waals surface area contributed by atoms with Gasteiger partial charge in [-0.15, -0.1) is 0 Å². The number of aryl methyl sites for hydroxylation is 1. The molecule has 100 valence electrons. The number of nitrogens with zero attached hydrogens (tertiary/aromatic N) is 3. The summed E-state index contributed by atoms with van der Waals surface area (Å²) in [6, 6.07) is 5.71. The molecular weight excluding hydrogens is 240 g/mol. The summed E-state index contributed by atoms with van der Waals surface area (Å²) >= 11 is 0. The molecule has 0 amide bonds. The van der Waals surface area contributed by atoms with E-state index in [2.05, 4.69) is 32.6 Å². The number of hydrazine groups is 1. The second kappa shape index (κ2) is 6.65. The molecular formula is C13H18N6. The molecule has 0 aromatic carbocycles. The first-order valence-electron chi connectivity index (χ1n) is 6.29. The number of hydrogen-bond acceptors (Lipinski definition) is 6. The van der Waals surface area contributed by atoms with Crippen molar-refractivity contribution in [3.63, 3.8) is 0 Å². The predicted molar refractivity (Wildman–Crippen MR) is 75.4 cm³/mol. The van der Waals surface area contributed by atoms with Crippen molar-refractivity contribution < 1.29 is 0 Å². The standard InChI is InChI=1S/C13H18N6/c1-2-4-11-17-12(7-13(18-11)19-14)16-9-10-5-3-6-15-8-10/h3,5-8H,2,4,9,14H2,1H3,(H2,16,17,18,19). The van der Waals surface area contributed by atoms with Crippen LogP contribution < -0.4 is 16.6 Å². The smallest absolute Gasteiger partial charge is 0.145 e. The van der Waals surface area contributed by atoms with Gasteiger partial charge in [-0.1, -0.05) is 13.0 Å². The van der Waals surface area contributed by atoms with Gasteiger partial charge >= 0.3 is 0 Å². The molecule has 2 heterocycles. The van der Waals surface area contributed by atoms with Gasteiger partial charge in [-0.2, -0.15) is 0 Å². The molecule has 0 saturated heterocycles. The molecule has 19 heavy (non-hydrogen) atoms. The molecule has 0 aliphatic rings. The Morgan fingerprint density at radius 3 is 2.79 bits per heavy atom. The second-order valence-corrected chi connectivity index (χ2v) is 4.16. The van der Waals surface area contributed by atoms with Crippen LogP contribution in [-0.2, 0) is 13.0 Å². The van der Waals surface area contributed by atoms with Gasteiger partial charge in [-0.25, -0.2) is 15.8 Å². The largest absolute Gasteiger partial charge is 0.366 e. The summed E-state index contributed by atoms with van der Waals surface area (Å²) in [5.74, 6) is 7.57. The Morgan fingerprint density at radius 2 is 2.11 bits per heavy atom. The summed E-state index contributed by atoms with van der Waals surface area (Å²) in [6.07, 6.45) is 5.40. The van der Waals surface area contributed by atoms with Gasteiger partial charge in [0.15, 0.2) is 0 Å². The Labute approximate surface area is 112 Å². The monoisotopic (exact) mass is 258 g/mol. The molecule has 0 unspecified atom stereocenters. The van der Waals surface area contributed by atoms with E-state index >= 15 is 0 Å². The zero-order chi connectivity index (χ0) is 13.5. The number of nitrogen functional groups attached to an aromatic ring is 1. The average Bonchev–Trinajstić information content (AvgIpc) is 2.46. The molecule has 6 nitrogen and oxygen atoms in total. The fourth-order valence-corrected chi connectivity index (χ4v) is 1.69. The Kier molecular flexibility index (Phi) is 4.63. The molecule has 0 atom stereocenters. The topological polar surface area (TPSA) is 88.8 Å². The van der Waals surface area contributed by atoms with Crippen LogP contribution in [0.2, 0.25) is 0 Å². The summed E-state index contributed by atoms with van der Waals surface area (Å²) in [4.78, 5) is 12.8. The molecule has 0 aliphatic carbocycles. The van der Waals surface area contributed by atoms with Gasteiger partial charge in [0.05, 0.1) is 0 Å². The van der Waals surface area contributed by atoms with Crippen molar-refractivity contribution in [2.24, 2.45) is 5.84 Å². The minimum Gasteiger partial charge on any atom is -0.366 e. The van der Waals surface area contributed by atoms with E-state index in [4.69, 9.17) is 5.84 Å². The van der Waals surface area contributed by atoms with Gasteiger partial charge < -0.3 is 10.7 Å². The van der Waals surface area contributed by atoms with Crippen molar-refractivity contribution in [3.8, 4) is 0 Å². The van der Waals surface area contributed by atoms with Crippen molar-refractivity contribution in [1.82, 2.24) is 15.0 Å². The van der Waals surface area contributed by atoms with Gasteiger partial charge in [-0.3, -0.25) is 4.98 Å². The molecule has 0 aliphatic heterocycles. The van der Waals surface area contributed by atoms with E-state index in [0.717, 1.165) is 30.0 Å². The number of rotatable bonds is 6. The van der Waals surface area contributed by atoms with Crippen molar-refractivity contribution in [2.75, 3.05) is 10.7 Å². The highest BCUT2D eigenvalue weighted by atomic mass is 15.3. The van der Waals surface area contributed by atoms with Crippen LogP contribution in [0.5, 0.6) is 0 Å². The maximum absolute atomic E-state index is 5.41. The molecule has 4 N–H and O–H groups in total. The number of hydrogen-bond donors (Lipinski definition) is 3. The predicted octanol–water partition coefficient (Wildman–Crippen LogP) is 1.72. The highest BCUT2D eigenvalue weighted by Gasteiger charge is 2.03. The van der Waals surface area contributed by atoms with Crippen LogP contribution in [0.15, 0.2) is 30.6 Å². The van der Waals surface area contributed by atoms with Crippen LogP contribution in [0, 0.1) is 0 Å². The fraction of sp³-hybridized carbons (Fsp3) is 0.308. The minimum atomic E-state index is 0.618. The van der Waals surface area contributed by atoms with Gasteiger partial charge in [-0.05, 0) is 18.1 Å². The van der Waals surface area contributed by atoms with Crippen LogP contribution in [0.4, 0.5) is 11.6 Å². The third kappa shape index (κ3) is 3.89. The molecule has 0 bridgehead atoms. The molecule has 0 fully saturated rings. The minimum absolute atomic E-state index is 0.618. The van der Waals surface area contributed by atoms with E-state index in [0.29, 0.717) is 12.4 Å². The zero-order valence-corrected chi connectivity index (χ0v) is 10.9. The fourth-order valence-electron chi connectivity index (χ4n) is 1.69. The molecule has 2 aromatic heterocycles. The van der Waals surface area contributed by atoms with Crippen LogP contribution >= 0.6 is 0 Å². The lowest BCUT2D eigenvalue weighted by molar-refractivity contribution is 0.834. The SMILES string of the molecule is CCCc1nc(NN)cc(NCc2cccnc2)n1. The van der Waals surface area contributed by atoms with E-state index in [1.54, 1.807) is 12.3 Å². The van der Waals surface area contributed by atoms with Crippen LogP contribution in [0.3, 0.4) is 0 Å². The summed E-state index contributed by atoms with van der Waals surface area (Å²) in [7, 11) is 0. The van der Waals surface area contributed by atoms with Crippen LogP contribution in [0.1, 0.15) is 24.7 Å². The molecule has 2 aromatic rings. The maximum Gasteiger partial charge on any atom is 0.145 e. The van der Waals surface area contributed by atoms with Crippen molar-refractivity contribution in [2.45, 2.75) is 26.3 Å². The van der Waals surface area contributed by atoms with Crippen molar-refractivity contribution in [1.29, 1.82) is 0 Å². The van der Waals surface area contributed by atoms with E-state index in [-0.39, 0.29) is 0 Å². The average molecular weight is 258 g/mol. The molecule has 2 rings (SSSR count). The van der Waals surface area contributed by atoms with Crippen LogP contribution in [0.25, 0.3) is 0 Å². The Morgan fingerprint density at radius 1 is 1.26 bits per heavy atom. The van der Waals surface area contributed by atoms with E-state index in [1.165, 1.54) is 0 Å². The lowest BCUT2D eigenvalue weighted by Crippen LogP contribution is -2.12. The summed E-state index contributed by atoms with van der Waals surface area (Å²) in [5, 5.41) is 3.25. The van der Waals surface area contributed by atoms with Gasteiger partial charge in [0, 0.05) is 31.4 Å². The van der Waals surface area contributed by atoms with Crippen molar-refractivity contribution in [3.05, 3.63) is 42.0 Å². The Hall–Kier alpha value is -2.21. The van der Waals surface area contributed by atoms with Crippen LogP contribution in [-0.4, -0.2) is 15.0 Å². The Balaban J connectivity index is 2.08. The number of nitrogens with one attached hydrogen (secondary N) is 2. The number of anilines is 2. The zero-order valence-electron chi connectivity index (χ0n) is 10.9. The first-order valence-corrected chi connectivity index (χ1v) is 6.29. The number of aromatic nitrogens is 3. The summed E-state index contributed by atoms with van der Waals surface area (Å²) in [6.45, 7) is 2.76. The summed E-state index contributed by atoms with van der Waals surface area (Å²) in [5.41, 5.74) is 3.66. The third-order valence-corrected chi connectivity index (χ3v) is 2.59. The van der Waals surface area contributed by atoms with E-state index in [1.807, 2.05) is 18.3 Å². The molecule has 6 heteroatoms. The lowest BCUT2D eigenvalue weighted by atomic mass is 10.3. The highest BCUT2D eigenvalue weighted by Crippen LogP contribution is 2.12. The Bertz CT molecular complexity index is 514. The lowest BCUT2D eigenvalue weighted by Gasteiger charge is -2.09. The molecule has 0 radical (unpaired) electrons. The van der Waals surface area contributed by atoms with Crippen molar-refractivity contribution >= 4 is 11.6 Å². The van der Waals surface area contributed by atoms with Gasteiger partial charge in [0.1, 0.15) is 17.5 Å². The quantitative estimate of drug-likeness (QED) is 0.540. The molecule has 0 spiro atoms. The normalized spacial score (nSPS) is 10.2. The summed E-state index contributed by atoms with van der Waals surface area (Å²) < 4.78 is 0. The maximum atomic E-state index is 5.41. The first kappa shape index (κ1) is 13.2.